The van der Waals surface area contributed by atoms with Gasteiger partial charge in [0.1, 0.15) is 0 Å². The second kappa shape index (κ2) is 10.2. The third-order valence-electron chi connectivity index (χ3n) is 5.39. The summed E-state index contributed by atoms with van der Waals surface area (Å²) in [5.74, 6) is 1.06. The fourth-order valence-corrected chi connectivity index (χ4v) is 4.03. The SMILES string of the molecule is CCO[C@@H]1OC(C(=O)NC2CCCCC2)=C[C@H](C(C)C)[C@H]1CCCO. The largest absolute Gasteiger partial charge is 0.459 e. The molecule has 0 aromatic heterocycles. The first-order chi connectivity index (χ1) is 12.1. The van der Waals surface area contributed by atoms with Gasteiger partial charge < -0.3 is 19.9 Å². The lowest BCUT2D eigenvalue weighted by Gasteiger charge is -2.38. The molecule has 2 rings (SSSR count). The smallest absolute Gasteiger partial charge is 0.286 e. The van der Waals surface area contributed by atoms with Crippen LogP contribution in [-0.2, 0) is 14.3 Å². The summed E-state index contributed by atoms with van der Waals surface area (Å²) in [7, 11) is 0. The Bertz CT molecular complexity index is 443. The quantitative estimate of drug-likeness (QED) is 0.702. The molecule has 1 fully saturated rings. The van der Waals surface area contributed by atoms with Gasteiger partial charge in [-0.15, -0.1) is 0 Å². The molecular weight excluding hydrogens is 318 g/mol. The average molecular weight is 354 g/mol. The van der Waals surface area contributed by atoms with Crippen LogP contribution >= 0.6 is 0 Å². The minimum absolute atomic E-state index is 0.108. The van der Waals surface area contributed by atoms with E-state index in [0.29, 0.717) is 18.3 Å². The van der Waals surface area contributed by atoms with Crippen LogP contribution < -0.4 is 5.32 Å². The van der Waals surface area contributed by atoms with Crippen molar-refractivity contribution in [3.05, 3.63) is 11.8 Å². The first-order valence-electron chi connectivity index (χ1n) is 9.98. The Kier molecular flexibility index (Phi) is 8.24. The summed E-state index contributed by atoms with van der Waals surface area (Å²) in [5.41, 5.74) is 0. The Balaban J connectivity index is 2.11. The lowest BCUT2D eigenvalue weighted by atomic mass is 9.78. The van der Waals surface area contributed by atoms with E-state index in [9.17, 15) is 9.90 Å². The van der Waals surface area contributed by atoms with Gasteiger partial charge in [0.15, 0.2) is 5.76 Å². The highest BCUT2D eigenvalue weighted by Crippen LogP contribution is 2.37. The molecule has 0 aromatic carbocycles. The van der Waals surface area contributed by atoms with Crippen LogP contribution in [0.5, 0.6) is 0 Å². The van der Waals surface area contributed by atoms with Crippen LogP contribution in [0.15, 0.2) is 11.8 Å². The predicted molar refractivity (Wildman–Crippen MR) is 97.7 cm³/mol. The maximum absolute atomic E-state index is 12.7. The molecule has 0 aromatic rings. The first kappa shape index (κ1) is 20.2. The number of aliphatic hydroxyl groups is 1. The van der Waals surface area contributed by atoms with E-state index < -0.39 is 6.29 Å². The van der Waals surface area contributed by atoms with Crippen LogP contribution in [-0.4, -0.2) is 36.6 Å². The first-order valence-corrected chi connectivity index (χ1v) is 9.98. The molecule has 25 heavy (non-hydrogen) atoms. The Hall–Kier alpha value is -1.07. The average Bonchev–Trinajstić information content (AvgIpc) is 2.61. The van der Waals surface area contributed by atoms with Gasteiger partial charge in [0, 0.05) is 25.2 Å². The van der Waals surface area contributed by atoms with Gasteiger partial charge in [-0.3, -0.25) is 4.79 Å². The monoisotopic (exact) mass is 353 g/mol. The second-order valence-corrected chi connectivity index (χ2v) is 7.63. The van der Waals surface area contributed by atoms with E-state index in [-0.39, 0.29) is 30.4 Å². The molecule has 1 aliphatic heterocycles. The highest BCUT2D eigenvalue weighted by atomic mass is 16.7. The van der Waals surface area contributed by atoms with E-state index in [1.807, 2.05) is 13.0 Å². The summed E-state index contributed by atoms with van der Waals surface area (Å²) in [6.07, 6.45) is 8.87. The van der Waals surface area contributed by atoms with Crippen LogP contribution in [0.2, 0.25) is 0 Å². The van der Waals surface area contributed by atoms with Crippen molar-refractivity contribution in [2.45, 2.75) is 78.0 Å². The van der Waals surface area contributed by atoms with Crippen molar-refractivity contribution in [1.29, 1.82) is 0 Å². The van der Waals surface area contributed by atoms with E-state index in [1.54, 1.807) is 0 Å². The number of rotatable bonds is 8. The molecule has 0 radical (unpaired) electrons. The minimum Gasteiger partial charge on any atom is -0.459 e. The molecule has 1 amide bonds. The molecule has 1 heterocycles. The van der Waals surface area contributed by atoms with E-state index in [4.69, 9.17) is 9.47 Å². The number of carbonyl (C=O) groups is 1. The summed E-state index contributed by atoms with van der Waals surface area (Å²) >= 11 is 0. The second-order valence-electron chi connectivity index (χ2n) is 7.63. The summed E-state index contributed by atoms with van der Waals surface area (Å²) in [6, 6.07) is 0.265. The van der Waals surface area contributed by atoms with E-state index in [1.165, 1.54) is 19.3 Å². The van der Waals surface area contributed by atoms with Gasteiger partial charge in [0.25, 0.3) is 5.91 Å². The zero-order valence-electron chi connectivity index (χ0n) is 16.0. The van der Waals surface area contributed by atoms with Crippen LogP contribution in [0.1, 0.15) is 65.7 Å². The van der Waals surface area contributed by atoms with Crippen molar-refractivity contribution in [1.82, 2.24) is 5.32 Å². The number of aliphatic hydroxyl groups excluding tert-OH is 1. The molecule has 144 valence electrons. The van der Waals surface area contributed by atoms with E-state index in [0.717, 1.165) is 25.7 Å². The molecule has 0 unspecified atom stereocenters. The minimum atomic E-state index is -0.416. The van der Waals surface area contributed by atoms with Crippen LogP contribution in [0, 0.1) is 17.8 Å². The van der Waals surface area contributed by atoms with Gasteiger partial charge in [-0.25, -0.2) is 0 Å². The number of nitrogens with one attached hydrogen (secondary N) is 1. The van der Waals surface area contributed by atoms with E-state index in [2.05, 4.69) is 19.2 Å². The van der Waals surface area contributed by atoms with Crippen LogP contribution in [0.25, 0.3) is 0 Å². The Labute approximate surface area is 152 Å². The lowest BCUT2D eigenvalue weighted by molar-refractivity contribution is -0.175. The van der Waals surface area contributed by atoms with Gasteiger partial charge in [-0.05, 0) is 50.5 Å². The highest BCUT2D eigenvalue weighted by Gasteiger charge is 2.38. The molecule has 0 spiro atoms. The van der Waals surface area contributed by atoms with Crippen molar-refractivity contribution in [3.63, 3.8) is 0 Å². The molecular formula is C20H35NO4. The Morgan fingerprint density at radius 2 is 2.08 bits per heavy atom. The molecule has 1 saturated carbocycles. The number of amides is 1. The van der Waals surface area contributed by atoms with Crippen molar-refractivity contribution in [3.8, 4) is 0 Å². The van der Waals surface area contributed by atoms with Gasteiger partial charge in [-0.1, -0.05) is 33.1 Å². The molecule has 2 N–H and O–H groups in total. The summed E-state index contributed by atoms with van der Waals surface area (Å²) in [5, 5.41) is 12.3. The van der Waals surface area contributed by atoms with Gasteiger partial charge in [-0.2, -0.15) is 0 Å². The fourth-order valence-electron chi connectivity index (χ4n) is 4.03. The van der Waals surface area contributed by atoms with Gasteiger partial charge >= 0.3 is 0 Å². The third-order valence-corrected chi connectivity index (χ3v) is 5.39. The fraction of sp³-hybridized carbons (Fsp3) is 0.850. The Morgan fingerprint density at radius 1 is 1.36 bits per heavy atom. The van der Waals surface area contributed by atoms with Crippen LogP contribution in [0.3, 0.4) is 0 Å². The summed E-state index contributed by atoms with van der Waals surface area (Å²) in [6.45, 7) is 6.98. The van der Waals surface area contributed by atoms with Gasteiger partial charge in [0.2, 0.25) is 6.29 Å². The molecule has 0 bridgehead atoms. The van der Waals surface area contributed by atoms with Crippen molar-refractivity contribution < 1.29 is 19.4 Å². The zero-order chi connectivity index (χ0) is 18.2. The molecule has 3 atom stereocenters. The molecule has 1 aliphatic carbocycles. The molecule has 0 saturated heterocycles. The number of ether oxygens (including phenoxy) is 2. The number of allylic oxidation sites excluding steroid dienone is 1. The van der Waals surface area contributed by atoms with Gasteiger partial charge in [0.05, 0.1) is 0 Å². The summed E-state index contributed by atoms with van der Waals surface area (Å²) < 4.78 is 11.8. The van der Waals surface area contributed by atoms with E-state index >= 15 is 0 Å². The highest BCUT2D eigenvalue weighted by molar-refractivity contribution is 5.91. The number of hydrogen-bond donors (Lipinski definition) is 2. The maximum atomic E-state index is 12.7. The van der Waals surface area contributed by atoms with Crippen molar-refractivity contribution in [2.75, 3.05) is 13.2 Å². The number of carbonyl (C=O) groups excluding carboxylic acids is 1. The summed E-state index contributed by atoms with van der Waals surface area (Å²) in [4.78, 5) is 12.7. The predicted octanol–water partition coefficient (Wildman–Crippen LogP) is 3.37. The zero-order valence-corrected chi connectivity index (χ0v) is 16.0. The standard InChI is InChI=1S/C20H35NO4/c1-4-24-20-16(11-8-12-22)17(14(2)3)13-18(25-20)19(23)21-15-9-6-5-7-10-15/h13-17,20,22H,4-12H2,1-3H3,(H,21,23)/t16-,17-,20-/m1/s1. The van der Waals surface area contributed by atoms with Crippen molar-refractivity contribution in [2.24, 2.45) is 17.8 Å². The Morgan fingerprint density at radius 3 is 2.68 bits per heavy atom. The normalized spacial score (nSPS) is 27.7. The van der Waals surface area contributed by atoms with Crippen molar-refractivity contribution >= 4 is 5.91 Å². The maximum Gasteiger partial charge on any atom is 0.286 e. The lowest BCUT2D eigenvalue weighted by Crippen LogP contribution is -2.43. The molecule has 5 nitrogen and oxygen atoms in total. The molecule has 2 aliphatic rings. The molecule has 5 heteroatoms. The third kappa shape index (κ3) is 5.71. The topological polar surface area (TPSA) is 67.8 Å². The number of hydrogen-bond acceptors (Lipinski definition) is 4. The van der Waals surface area contributed by atoms with Crippen LogP contribution in [0.4, 0.5) is 0 Å².